The van der Waals surface area contributed by atoms with Crippen molar-refractivity contribution in [1.29, 1.82) is 0 Å². The van der Waals surface area contributed by atoms with Gasteiger partial charge in [0, 0.05) is 57.6 Å². The maximum Gasteiger partial charge on any atom is 0.223 e. The third-order valence-corrected chi connectivity index (χ3v) is 5.55. The van der Waals surface area contributed by atoms with Crippen LogP contribution >= 0.6 is 0 Å². The lowest BCUT2D eigenvalue weighted by Crippen LogP contribution is -2.49. The monoisotopic (exact) mass is 380 g/mol. The number of hydrogen-bond acceptors (Lipinski definition) is 5. The lowest BCUT2D eigenvalue weighted by Gasteiger charge is -2.35. The van der Waals surface area contributed by atoms with E-state index in [2.05, 4.69) is 39.0 Å². The largest absolute Gasteiger partial charge is 0.378 e. The summed E-state index contributed by atoms with van der Waals surface area (Å²) < 4.78 is 5.41. The first-order valence-corrected chi connectivity index (χ1v) is 10.1. The SMILES string of the molecule is O=C(CCc1ccc(N2CCOCC2)cc1)N1CCN(c2ccccn2)CC1. The number of morpholine rings is 1. The molecule has 0 bridgehead atoms. The first kappa shape index (κ1) is 18.7. The summed E-state index contributed by atoms with van der Waals surface area (Å²) in [5.41, 5.74) is 2.46. The fourth-order valence-corrected chi connectivity index (χ4v) is 3.83. The number of hydrogen-bond donors (Lipinski definition) is 0. The third-order valence-electron chi connectivity index (χ3n) is 5.55. The fourth-order valence-electron chi connectivity index (χ4n) is 3.83. The second kappa shape index (κ2) is 9.06. The number of benzene rings is 1. The minimum Gasteiger partial charge on any atom is -0.378 e. The van der Waals surface area contributed by atoms with Crippen LogP contribution in [0.5, 0.6) is 0 Å². The molecule has 1 aromatic heterocycles. The van der Waals surface area contributed by atoms with Gasteiger partial charge in [0.2, 0.25) is 5.91 Å². The Balaban J connectivity index is 1.23. The van der Waals surface area contributed by atoms with Gasteiger partial charge >= 0.3 is 0 Å². The van der Waals surface area contributed by atoms with Gasteiger partial charge in [-0.05, 0) is 36.2 Å². The Morgan fingerprint density at radius 3 is 2.32 bits per heavy atom. The molecule has 2 aliphatic rings. The number of nitrogens with zero attached hydrogens (tertiary/aromatic N) is 4. The Labute approximate surface area is 166 Å². The average Bonchev–Trinajstić information content (AvgIpc) is 2.79. The molecular weight excluding hydrogens is 352 g/mol. The zero-order valence-electron chi connectivity index (χ0n) is 16.3. The van der Waals surface area contributed by atoms with E-state index in [4.69, 9.17) is 4.74 Å². The Hall–Kier alpha value is -2.60. The highest BCUT2D eigenvalue weighted by Gasteiger charge is 2.21. The van der Waals surface area contributed by atoms with Crippen molar-refractivity contribution in [2.75, 3.05) is 62.3 Å². The highest BCUT2D eigenvalue weighted by molar-refractivity contribution is 5.76. The summed E-state index contributed by atoms with van der Waals surface area (Å²) in [5.74, 6) is 1.24. The molecule has 2 fully saturated rings. The van der Waals surface area contributed by atoms with Crippen molar-refractivity contribution in [2.45, 2.75) is 12.8 Å². The van der Waals surface area contributed by atoms with E-state index < -0.39 is 0 Å². The Morgan fingerprint density at radius 2 is 1.64 bits per heavy atom. The van der Waals surface area contributed by atoms with Crippen LogP contribution in [0.25, 0.3) is 0 Å². The van der Waals surface area contributed by atoms with Crippen LogP contribution in [-0.2, 0) is 16.0 Å². The predicted molar refractivity (Wildman–Crippen MR) is 111 cm³/mol. The minimum atomic E-state index is 0.248. The first-order valence-electron chi connectivity index (χ1n) is 10.1. The molecule has 6 nitrogen and oxygen atoms in total. The molecule has 0 radical (unpaired) electrons. The third kappa shape index (κ3) is 4.62. The van der Waals surface area contributed by atoms with E-state index in [0.29, 0.717) is 6.42 Å². The summed E-state index contributed by atoms with van der Waals surface area (Å²) in [6.45, 7) is 6.71. The molecule has 28 heavy (non-hydrogen) atoms. The zero-order chi connectivity index (χ0) is 19.2. The van der Waals surface area contributed by atoms with Gasteiger partial charge in [0.1, 0.15) is 5.82 Å². The molecular formula is C22H28N4O2. The van der Waals surface area contributed by atoms with Gasteiger partial charge in [-0.25, -0.2) is 4.98 Å². The number of anilines is 2. The second-order valence-electron chi connectivity index (χ2n) is 7.32. The summed E-state index contributed by atoms with van der Waals surface area (Å²) in [4.78, 5) is 23.6. The van der Waals surface area contributed by atoms with Crippen LogP contribution in [0, 0.1) is 0 Å². The molecule has 2 aromatic rings. The quantitative estimate of drug-likeness (QED) is 0.796. The highest BCUT2D eigenvalue weighted by Crippen LogP contribution is 2.18. The number of aryl methyl sites for hydroxylation is 1. The normalized spacial score (nSPS) is 17.6. The molecule has 2 saturated heterocycles. The van der Waals surface area contributed by atoms with Crippen molar-refractivity contribution in [3.63, 3.8) is 0 Å². The first-order chi connectivity index (χ1) is 13.8. The Morgan fingerprint density at radius 1 is 0.893 bits per heavy atom. The van der Waals surface area contributed by atoms with Crippen molar-refractivity contribution in [3.8, 4) is 0 Å². The number of carbonyl (C=O) groups is 1. The predicted octanol–water partition coefficient (Wildman–Crippen LogP) is 2.20. The van der Waals surface area contributed by atoms with Crippen molar-refractivity contribution in [3.05, 3.63) is 54.2 Å². The van der Waals surface area contributed by atoms with Gasteiger partial charge in [-0.2, -0.15) is 0 Å². The zero-order valence-corrected chi connectivity index (χ0v) is 16.3. The van der Waals surface area contributed by atoms with E-state index in [1.807, 2.05) is 29.3 Å². The fraction of sp³-hybridized carbons (Fsp3) is 0.455. The van der Waals surface area contributed by atoms with Crippen molar-refractivity contribution in [1.82, 2.24) is 9.88 Å². The molecule has 0 spiro atoms. The molecule has 0 unspecified atom stereocenters. The summed E-state index contributed by atoms with van der Waals surface area (Å²) >= 11 is 0. The summed E-state index contributed by atoms with van der Waals surface area (Å²) in [6.07, 6.45) is 3.18. The van der Waals surface area contributed by atoms with E-state index in [1.165, 1.54) is 11.3 Å². The molecule has 6 heteroatoms. The van der Waals surface area contributed by atoms with Crippen LogP contribution in [0.15, 0.2) is 48.7 Å². The smallest absolute Gasteiger partial charge is 0.223 e. The van der Waals surface area contributed by atoms with Crippen molar-refractivity contribution < 1.29 is 9.53 Å². The minimum absolute atomic E-state index is 0.248. The average molecular weight is 380 g/mol. The number of amides is 1. The van der Waals surface area contributed by atoms with Crippen LogP contribution in [0.3, 0.4) is 0 Å². The number of aromatic nitrogens is 1. The van der Waals surface area contributed by atoms with E-state index in [-0.39, 0.29) is 5.91 Å². The van der Waals surface area contributed by atoms with Gasteiger partial charge in [-0.1, -0.05) is 18.2 Å². The molecule has 1 amide bonds. The van der Waals surface area contributed by atoms with Crippen LogP contribution in [0.1, 0.15) is 12.0 Å². The van der Waals surface area contributed by atoms with E-state index in [9.17, 15) is 4.79 Å². The molecule has 2 aliphatic heterocycles. The van der Waals surface area contributed by atoms with Crippen molar-refractivity contribution >= 4 is 17.4 Å². The molecule has 0 atom stereocenters. The van der Waals surface area contributed by atoms with Gasteiger partial charge in [-0.15, -0.1) is 0 Å². The highest BCUT2D eigenvalue weighted by atomic mass is 16.5. The number of rotatable bonds is 5. The second-order valence-corrected chi connectivity index (χ2v) is 7.32. The number of carbonyl (C=O) groups excluding carboxylic acids is 1. The van der Waals surface area contributed by atoms with E-state index in [0.717, 1.165) is 64.7 Å². The summed E-state index contributed by atoms with van der Waals surface area (Å²) in [6, 6.07) is 14.6. The number of pyridine rings is 1. The maximum absolute atomic E-state index is 12.6. The van der Waals surface area contributed by atoms with E-state index in [1.54, 1.807) is 0 Å². The van der Waals surface area contributed by atoms with Gasteiger partial charge in [0.15, 0.2) is 0 Å². The lowest BCUT2D eigenvalue weighted by atomic mass is 10.1. The number of ether oxygens (including phenoxy) is 1. The van der Waals surface area contributed by atoms with Gasteiger partial charge < -0.3 is 19.4 Å². The van der Waals surface area contributed by atoms with Crippen LogP contribution in [-0.4, -0.2) is 68.3 Å². The van der Waals surface area contributed by atoms with E-state index >= 15 is 0 Å². The topological polar surface area (TPSA) is 48.9 Å². The summed E-state index contributed by atoms with van der Waals surface area (Å²) in [7, 11) is 0. The lowest BCUT2D eigenvalue weighted by molar-refractivity contribution is -0.131. The van der Waals surface area contributed by atoms with Crippen molar-refractivity contribution in [2.24, 2.45) is 0 Å². The van der Waals surface area contributed by atoms with Crippen LogP contribution < -0.4 is 9.80 Å². The van der Waals surface area contributed by atoms with Gasteiger partial charge in [0.05, 0.1) is 13.2 Å². The molecule has 3 heterocycles. The number of piperazine rings is 1. The van der Waals surface area contributed by atoms with Crippen LogP contribution in [0.4, 0.5) is 11.5 Å². The summed E-state index contributed by atoms with van der Waals surface area (Å²) in [5, 5.41) is 0. The Kier molecular flexibility index (Phi) is 6.07. The van der Waals surface area contributed by atoms with Gasteiger partial charge in [-0.3, -0.25) is 4.79 Å². The molecule has 0 aliphatic carbocycles. The molecule has 0 saturated carbocycles. The standard InChI is InChI=1S/C22H28N4O2/c27-22(26-13-11-25(12-14-26)21-3-1-2-10-23-21)9-6-19-4-7-20(8-5-19)24-15-17-28-18-16-24/h1-5,7-8,10H,6,9,11-18H2. The molecule has 1 aromatic carbocycles. The molecule has 4 rings (SSSR count). The molecule has 148 valence electrons. The maximum atomic E-state index is 12.6. The van der Waals surface area contributed by atoms with Crippen LogP contribution in [0.2, 0.25) is 0 Å². The Bertz CT molecular complexity index is 752. The molecule has 0 N–H and O–H groups in total. The van der Waals surface area contributed by atoms with Gasteiger partial charge in [0.25, 0.3) is 0 Å².